The van der Waals surface area contributed by atoms with Crippen molar-refractivity contribution >= 4 is 16.8 Å². The Labute approximate surface area is 121 Å². The van der Waals surface area contributed by atoms with E-state index in [4.69, 9.17) is 5.21 Å². The molecule has 1 amide bonds. The summed E-state index contributed by atoms with van der Waals surface area (Å²) in [6.07, 6.45) is 1.97. The molecule has 1 atom stereocenters. The highest BCUT2D eigenvalue weighted by molar-refractivity contribution is 5.82. The van der Waals surface area contributed by atoms with Gasteiger partial charge < -0.3 is 0 Å². The molecule has 0 bridgehead atoms. The van der Waals surface area contributed by atoms with E-state index in [-0.39, 0.29) is 0 Å². The van der Waals surface area contributed by atoms with Crippen molar-refractivity contribution in [2.24, 2.45) is 0 Å². The summed E-state index contributed by atoms with van der Waals surface area (Å²) in [4.78, 5) is 11.4. The van der Waals surface area contributed by atoms with E-state index in [1.54, 1.807) is 12.4 Å². The van der Waals surface area contributed by atoms with Gasteiger partial charge in [-0.15, -0.1) is 0 Å². The van der Waals surface area contributed by atoms with Gasteiger partial charge >= 0.3 is 0 Å². The van der Waals surface area contributed by atoms with E-state index < -0.39 is 11.8 Å². The zero-order valence-corrected chi connectivity index (χ0v) is 11.5. The van der Waals surface area contributed by atoms with Crippen molar-refractivity contribution in [1.82, 2.24) is 15.3 Å². The monoisotopic (exact) mass is 281 g/mol. The van der Waals surface area contributed by atoms with Crippen molar-refractivity contribution in [3.63, 3.8) is 0 Å². The predicted molar refractivity (Wildman–Crippen MR) is 79.4 cm³/mol. The van der Waals surface area contributed by atoms with E-state index in [0.29, 0.717) is 0 Å². The topological polar surface area (TPSA) is 67.2 Å². The molecule has 5 nitrogen and oxygen atoms in total. The van der Waals surface area contributed by atoms with E-state index in [1.165, 1.54) is 0 Å². The molecule has 1 aromatic heterocycles. The normalized spacial score (nSPS) is 12.3. The SMILES string of the molecule is CC(C(=O)NO)c1ccc(-n2cc3ccccc3n2)cc1. The van der Waals surface area contributed by atoms with Crippen LogP contribution in [0, 0.1) is 0 Å². The molecular weight excluding hydrogens is 266 g/mol. The minimum atomic E-state index is -0.424. The maximum Gasteiger partial charge on any atom is 0.250 e. The van der Waals surface area contributed by atoms with Crippen LogP contribution < -0.4 is 5.48 Å². The third-order valence-electron chi connectivity index (χ3n) is 3.57. The minimum Gasteiger partial charge on any atom is -0.289 e. The molecule has 3 rings (SSSR count). The first kappa shape index (κ1) is 13.3. The Kier molecular flexibility index (Phi) is 3.41. The van der Waals surface area contributed by atoms with Crippen LogP contribution in [0.5, 0.6) is 0 Å². The van der Waals surface area contributed by atoms with Crippen molar-refractivity contribution in [2.45, 2.75) is 12.8 Å². The molecule has 0 aliphatic heterocycles. The second kappa shape index (κ2) is 5.38. The van der Waals surface area contributed by atoms with Crippen LogP contribution in [-0.2, 0) is 4.79 Å². The average Bonchev–Trinajstić information content (AvgIpc) is 2.97. The fraction of sp³-hybridized carbons (Fsp3) is 0.125. The molecule has 0 fully saturated rings. The molecule has 0 saturated carbocycles. The van der Waals surface area contributed by atoms with Gasteiger partial charge in [-0.2, -0.15) is 5.10 Å². The van der Waals surface area contributed by atoms with Gasteiger partial charge in [-0.25, -0.2) is 10.2 Å². The summed E-state index contributed by atoms with van der Waals surface area (Å²) in [5, 5.41) is 14.3. The lowest BCUT2D eigenvalue weighted by atomic mass is 10.0. The lowest BCUT2D eigenvalue weighted by Gasteiger charge is -2.10. The highest BCUT2D eigenvalue weighted by Crippen LogP contribution is 2.19. The molecule has 2 N–H and O–H groups in total. The van der Waals surface area contributed by atoms with E-state index >= 15 is 0 Å². The summed E-state index contributed by atoms with van der Waals surface area (Å²) in [6, 6.07) is 15.5. The van der Waals surface area contributed by atoms with Crippen molar-refractivity contribution in [3.8, 4) is 5.69 Å². The molecule has 0 saturated heterocycles. The third kappa shape index (κ3) is 2.51. The smallest absolute Gasteiger partial charge is 0.250 e. The van der Waals surface area contributed by atoms with Gasteiger partial charge in [-0.3, -0.25) is 10.0 Å². The fourth-order valence-electron chi connectivity index (χ4n) is 2.26. The third-order valence-corrected chi connectivity index (χ3v) is 3.57. The maximum absolute atomic E-state index is 11.4. The second-order valence-electron chi connectivity index (χ2n) is 4.92. The number of benzene rings is 2. The number of rotatable bonds is 3. The zero-order valence-electron chi connectivity index (χ0n) is 11.5. The van der Waals surface area contributed by atoms with Crippen molar-refractivity contribution < 1.29 is 10.0 Å². The lowest BCUT2D eigenvalue weighted by molar-refractivity contribution is -0.130. The standard InChI is InChI=1S/C16H15N3O2/c1-11(16(20)18-21)12-6-8-14(9-7-12)19-10-13-4-2-3-5-15(13)17-19/h2-11,21H,1H3,(H,18,20). The molecule has 1 unspecified atom stereocenters. The number of carbonyl (C=O) groups is 1. The quantitative estimate of drug-likeness (QED) is 0.573. The summed E-state index contributed by atoms with van der Waals surface area (Å²) in [6.45, 7) is 1.74. The number of aromatic nitrogens is 2. The van der Waals surface area contributed by atoms with Crippen molar-refractivity contribution in [2.75, 3.05) is 0 Å². The largest absolute Gasteiger partial charge is 0.289 e. The summed E-state index contributed by atoms with van der Waals surface area (Å²) in [7, 11) is 0. The first-order valence-electron chi connectivity index (χ1n) is 6.68. The number of nitrogens with zero attached hydrogens (tertiary/aromatic N) is 2. The van der Waals surface area contributed by atoms with Crippen LogP contribution in [0.3, 0.4) is 0 Å². The zero-order chi connectivity index (χ0) is 14.8. The number of amides is 1. The van der Waals surface area contributed by atoms with Crippen LogP contribution in [0.4, 0.5) is 0 Å². The molecule has 2 aromatic carbocycles. The first-order chi connectivity index (χ1) is 10.2. The molecular formula is C16H15N3O2. The number of nitrogens with one attached hydrogen (secondary N) is 1. The summed E-state index contributed by atoms with van der Waals surface area (Å²) in [5.74, 6) is -0.826. The average molecular weight is 281 g/mol. The lowest BCUT2D eigenvalue weighted by Crippen LogP contribution is -2.24. The van der Waals surface area contributed by atoms with Gasteiger partial charge in [0, 0.05) is 11.6 Å². The van der Waals surface area contributed by atoms with Gasteiger partial charge in [0.25, 0.3) is 5.91 Å². The van der Waals surface area contributed by atoms with Gasteiger partial charge in [0.05, 0.1) is 17.1 Å². The number of hydroxylamine groups is 1. The Morgan fingerprint density at radius 3 is 2.57 bits per heavy atom. The second-order valence-corrected chi connectivity index (χ2v) is 4.92. The molecule has 106 valence electrons. The Hall–Kier alpha value is -2.66. The first-order valence-corrected chi connectivity index (χ1v) is 6.68. The summed E-state index contributed by atoms with van der Waals surface area (Å²) < 4.78 is 1.81. The van der Waals surface area contributed by atoms with Crippen molar-refractivity contribution in [1.29, 1.82) is 0 Å². The van der Waals surface area contributed by atoms with E-state index in [2.05, 4.69) is 5.10 Å². The fourth-order valence-corrected chi connectivity index (χ4v) is 2.26. The molecule has 1 heterocycles. The highest BCUT2D eigenvalue weighted by atomic mass is 16.5. The van der Waals surface area contributed by atoms with Crippen LogP contribution in [0.15, 0.2) is 54.7 Å². The molecule has 21 heavy (non-hydrogen) atoms. The van der Waals surface area contributed by atoms with Crippen LogP contribution in [0.2, 0.25) is 0 Å². The molecule has 0 spiro atoms. The maximum atomic E-state index is 11.4. The van der Waals surface area contributed by atoms with Crippen LogP contribution in [-0.4, -0.2) is 20.9 Å². The molecule has 5 heteroatoms. The Morgan fingerprint density at radius 2 is 1.90 bits per heavy atom. The minimum absolute atomic E-state index is 0.402. The van der Waals surface area contributed by atoms with Gasteiger partial charge in [0.15, 0.2) is 0 Å². The van der Waals surface area contributed by atoms with Crippen LogP contribution in [0.25, 0.3) is 16.6 Å². The summed E-state index contributed by atoms with van der Waals surface area (Å²) in [5.41, 5.74) is 4.37. The number of hydrogen-bond donors (Lipinski definition) is 2. The van der Waals surface area contributed by atoms with Gasteiger partial charge in [-0.05, 0) is 30.7 Å². The van der Waals surface area contributed by atoms with Gasteiger partial charge in [0.1, 0.15) is 0 Å². The van der Waals surface area contributed by atoms with Crippen LogP contribution in [0.1, 0.15) is 18.4 Å². The van der Waals surface area contributed by atoms with Crippen LogP contribution >= 0.6 is 0 Å². The van der Waals surface area contributed by atoms with E-state index in [1.807, 2.05) is 59.4 Å². The van der Waals surface area contributed by atoms with Gasteiger partial charge in [0.2, 0.25) is 0 Å². The highest BCUT2D eigenvalue weighted by Gasteiger charge is 2.14. The Morgan fingerprint density at radius 1 is 1.19 bits per heavy atom. The molecule has 0 aliphatic carbocycles. The molecule has 0 radical (unpaired) electrons. The van der Waals surface area contributed by atoms with E-state index in [9.17, 15) is 4.79 Å². The molecule has 3 aromatic rings. The van der Waals surface area contributed by atoms with Gasteiger partial charge in [-0.1, -0.05) is 30.3 Å². The predicted octanol–water partition coefficient (Wildman–Crippen LogP) is 2.63. The Bertz CT molecular complexity index is 745. The van der Waals surface area contributed by atoms with E-state index in [0.717, 1.165) is 22.2 Å². The van der Waals surface area contributed by atoms with Crippen molar-refractivity contribution in [3.05, 3.63) is 60.3 Å². The number of carbonyl (C=O) groups excluding carboxylic acids is 1. The Balaban J connectivity index is 1.91. The molecule has 0 aliphatic rings. The summed E-state index contributed by atoms with van der Waals surface area (Å²) >= 11 is 0. The number of hydrogen-bond acceptors (Lipinski definition) is 3. The number of fused-ring (bicyclic) bond motifs is 1.